The number of hydrogen-bond acceptors (Lipinski definition) is 1. The standard InChI is InChI=1S/C21H21F4NO/c1-14(16-6-4-7-17(13-16)21(23,24)25)26(18-10-11-18)20(27)12-9-15-5-2-3-8-19(15)22/h2-8,13-14,18H,9-12H2,1H3. The maximum absolute atomic E-state index is 13.8. The molecule has 1 saturated carbocycles. The molecule has 0 saturated heterocycles. The fourth-order valence-electron chi connectivity index (χ4n) is 3.30. The van der Waals surface area contributed by atoms with Crippen molar-refractivity contribution in [2.75, 3.05) is 0 Å². The second-order valence-electron chi connectivity index (χ2n) is 6.92. The van der Waals surface area contributed by atoms with Crippen LogP contribution >= 0.6 is 0 Å². The second kappa shape index (κ2) is 7.71. The number of benzene rings is 2. The number of carbonyl (C=O) groups excluding carboxylic acids is 1. The minimum Gasteiger partial charge on any atom is -0.333 e. The van der Waals surface area contributed by atoms with Crippen LogP contribution in [-0.2, 0) is 17.4 Å². The topological polar surface area (TPSA) is 20.3 Å². The lowest BCUT2D eigenvalue weighted by Crippen LogP contribution is -2.35. The monoisotopic (exact) mass is 379 g/mol. The lowest BCUT2D eigenvalue weighted by atomic mass is 10.0. The first-order valence-electron chi connectivity index (χ1n) is 8.99. The first-order chi connectivity index (χ1) is 12.8. The Balaban J connectivity index is 1.75. The maximum atomic E-state index is 13.8. The van der Waals surface area contributed by atoms with Gasteiger partial charge < -0.3 is 4.90 Å². The molecule has 0 N–H and O–H groups in total. The molecule has 0 aliphatic heterocycles. The molecule has 0 spiro atoms. The molecule has 27 heavy (non-hydrogen) atoms. The highest BCUT2D eigenvalue weighted by molar-refractivity contribution is 5.77. The van der Waals surface area contributed by atoms with Crippen molar-refractivity contribution in [3.05, 3.63) is 71.0 Å². The summed E-state index contributed by atoms with van der Waals surface area (Å²) in [6, 6.07) is 11.0. The summed E-state index contributed by atoms with van der Waals surface area (Å²) in [7, 11) is 0. The summed E-state index contributed by atoms with van der Waals surface area (Å²) < 4.78 is 52.7. The van der Waals surface area contributed by atoms with Gasteiger partial charge in [0.25, 0.3) is 0 Å². The minimum atomic E-state index is -4.42. The van der Waals surface area contributed by atoms with E-state index in [1.807, 2.05) is 0 Å². The zero-order chi connectivity index (χ0) is 19.6. The average Bonchev–Trinajstić information content (AvgIpc) is 3.45. The predicted molar refractivity (Wildman–Crippen MR) is 94.4 cm³/mol. The third kappa shape index (κ3) is 4.67. The van der Waals surface area contributed by atoms with Crippen molar-refractivity contribution < 1.29 is 22.4 Å². The van der Waals surface area contributed by atoms with Crippen LogP contribution in [0.15, 0.2) is 48.5 Å². The lowest BCUT2D eigenvalue weighted by Gasteiger charge is -2.30. The number of amides is 1. The Morgan fingerprint density at radius 3 is 2.48 bits per heavy atom. The molecule has 0 bridgehead atoms. The van der Waals surface area contributed by atoms with Gasteiger partial charge in [-0.2, -0.15) is 13.2 Å². The van der Waals surface area contributed by atoms with Gasteiger partial charge in [0, 0.05) is 12.5 Å². The molecule has 0 radical (unpaired) electrons. The van der Waals surface area contributed by atoms with E-state index in [1.165, 1.54) is 12.1 Å². The zero-order valence-corrected chi connectivity index (χ0v) is 15.0. The average molecular weight is 379 g/mol. The smallest absolute Gasteiger partial charge is 0.333 e. The molecule has 1 atom stereocenters. The number of hydrogen-bond donors (Lipinski definition) is 0. The number of halogens is 4. The first kappa shape index (κ1) is 19.4. The molecule has 144 valence electrons. The lowest BCUT2D eigenvalue weighted by molar-refractivity contribution is -0.137. The summed E-state index contributed by atoms with van der Waals surface area (Å²) in [6.07, 6.45) is -2.34. The van der Waals surface area contributed by atoms with Crippen LogP contribution in [0.2, 0.25) is 0 Å². The van der Waals surface area contributed by atoms with Gasteiger partial charge in [0.1, 0.15) is 5.82 Å². The second-order valence-corrected chi connectivity index (χ2v) is 6.92. The van der Waals surface area contributed by atoms with Crippen LogP contribution in [0.25, 0.3) is 0 Å². The Morgan fingerprint density at radius 2 is 1.85 bits per heavy atom. The molecule has 6 heteroatoms. The SMILES string of the molecule is CC(c1cccc(C(F)(F)F)c1)N(C(=O)CCc1ccccc1F)C1CC1. The molecule has 0 heterocycles. The van der Waals surface area contributed by atoms with E-state index in [0.29, 0.717) is 11.1 Å². The molecule has 2 nitrogen and oxygen atoms in total. The quantitative estimate of drug-likeness (QED) is 0.605. The van der Waals surface area contributed by atoms with Crippen LogP contribution in [-0.4, -0.2) is 16.8 Å². The first-order valence-corrected chi connectivity index (χ1v) is 8.99. The molecular weight excluding hydrogens is 358 g/mol. The van der Waals surface area contributed by atoms with Crippen molar-refractivity contribution in [1.29, 1.82) is 0 Å². The predicted octanol–water partition coefficient (Wildman–Crippen LogP) is 5.53. The summed E-state index contributed by atoms with van der Waals surface area (Å²) >= 11 is 0. The third-order valence-electron chi connectivity index (χ3n) is 4.91. The van der Waals surface area contributed by atoms with Crippen LogP contribution in [0, 0.1) is 5.82 Å². The molecule has 0 aromatic heterocycles. The van der Waals surface area contributed by atoms with Gasteiger partial charge in [-0.05, 0) is 55.5 Å². The molecule has 1 unspecified atom stereocenters. The van der Waals surface area contributed by atoms with Gasteiger partial charge in [0.2, 0.25) is 5.91 Å². The molecule has 3 rings (SSSR count). The molecule has 1 aliphatic rings. The van der Waals surface area contributed by atoms with Gasteiger partial charge in [-0.1, -0.05) is 30.3 Å². The fraction of sp³-hybridized carbons (Fsp3) is 0.381. The Morgan fingerprint density at radius 1 is 1.15 bits per heavy atom. The van der Waals surface area contributed by atoms with Crippen molar-refractivity contribution >= 4 is 5.91 Å². The summed E-state index contributed by atoms with van der Waals surface area (Å²) in [4.78, 5) is 14.5. The van der Waals surface area contributed by atoms with Crippen LogP contribution in [0.1, 0.15) is 48.9 Å². The van der Waals surface area contributed by atoms with E-state index < -0.39 is 17.8 Å². The van der Waals surface area contributed by atoms with Gasteiger partial charge in [-0.15, -0.1) is 0 Å². The molecular formula is C21H21F4NO. The number of rotatable bonds is 6. The van der Waals surface area contributed by atoms with Crippen LogP contribution in [0.3, 0.4) is 0 Å². The van der Waals surface area contributed by atoms with Crippen molar-refractivity contribution in [3.63, 3.8) is 0 Å². The molecule has 1 amide bonds. The van der Waals surface area contributed by atoms with Gasteiger partial charge >= 0.3 is 6.18 Å². The zero-order valence-electron chi connectivity index (χ0n) is 15.0. The van der Waals surface area contributed by atoms with Gasteiger partial charge in [-0.3, -0.25) is 4.79 Å². The number of aryl methyl sites for hydroxylation is 1. The van der Waals surface area contributed by atoms with Crippen LogP contribution < -0.4 is 0 Å². The molecule has 1 aliphatic carbocycles. The van der Waals surface area contributed by atoms with Crippen molar-refractivity contribution in [3.8, 4) is 0 Å². The third-order valence-corrected chi connectivity index (χ3v) is 4.91. The van der Waals surface area contributed by atoms with Gasteiger partial charge in [0.15, 0.2) is 0 Å². The van der Waals surface area contributed by atoms with E-state index in [-0.39, 0.29) is 30.6 Å². The highest BCUT2D eigenvalue weighted by Gasteiger charge is 2.37. The van der Waals surface area contributed by atoms with Gasteiger partial charge in [0.05, 0.1) is 11.6 Å². The maximum Gasteiger partial charge on any atom is 0.416 e. The largest absolute Gasteiger partial charge is 0.416 e. The fourth-order valence-corrected chi connectivity index (χ4v) is 3.30. The van der Waals surface area contributed by atoms with E-state index in [1.54, 1.807) is 36.1 Å². The summed E-state index contributed by atoms with van der Waals surface area (Å²) in [6.45, 7) is 1.74. The van der Waals surface area contributed by atoms with Crippen molar-refractivity contribution in [2.24, 2.45) is 0 Å². The number of alkyl halides is 3. The summed E-state index contributed by atoms with van der Waals surface area (Å²) in [5.74, 6) is -0.514. The Hall–Kier alpha value is -2.37. The van der Waals surface area contributed by atoms with E-state index in [4.69, 9.17) is 0 Å². The van der Waals surface area contributed by atoms with Gasteiger partial charge in [-0.25, -0.2) is 4.39 Å². The minimum absolute atomic E-state index is 0.0441. The Bertz CT molecular complexity index is 814. The molecule has 1 fully saturated rings. The summed E-state index contributed by atoms with van der Waals surface area (Å²) in [5.41, 5.74) is 0.200. The Labute approximate surface area is 155 Å². The van der Waals surface area contributed by atoms with E-state index >= 15 is 0 Å². The van der Waals surface area contributed by atoms with E-state index in [0.717, 1.165) is 25.0 Å². The summed E-state index contributed by atoms with van der Waals surface area (Å²) in [5, 5.41) is 0. The van der Waals surface area contributed by atoms with Crippen LogP contribution in [0.5, 0.6) is 0 Å². The molecule has 2 aromatic carbocycles. The normalized spacial score (nSPS) is 15.4. The molecule has 2 aromatic rings. The number of nitrogens with zero attached hydrogens (tertiary/aromatic N) is 1. The van der Waals surface area contributed by atoms with E-state index in [2.05, 4.69) is 0 Å². The number of carbonyl (C=O) groups is 1. The highest BCUT2D eigenvalue weighted by atomic mass is 19.4. The van der Waals surface area contributed by atoms with Crippen molar-refractivity contribution in [1.82, 2.24) is 4.90 Å². The Kier molecular flexibility index (Phi) is 5.53. The van der Waals surface area contributed by atoms with Crippen molar-refractivity contribution in [2.45, 2.75) is 50.9 Å². The highest BCUT2D eigenvalue weighted by Crippen LogP contribution is 2.37. The van der Waals surface area contributed by atoms with Crippen LogP contribution in [0.4, 0.5) is 17.6 Å². The van der Waals surface area contributed by atoms with E-state index in [9.17, 15) is 22.4 Å².